The van der Waals surface area contributed by atoms with Crippen LogP contribution in [0.4, 0.5) is 0 Å². The Kier molecular flexibility index (Phi) is 8.01. The average molecular weight is 606 g/mol. The highest BCUT2D eigenvalue weighted by molar-refractivity contribution is 9.10. The molecule has 0 bridgehead atoms. The maximum Gasteiger partial charge on any atom is 0.338 e. The predicted molar refractivity (Wildman–Crippen MR) is 144 cm³/mol. The molecule has 0 fully saturated rings. The smallest absolute Gasteiger partial charge is 0.338 e. The summed E-state index contributed by atoms with van der Waals surface area (Å²) >= 11 is 10.8. The van der Waals surface area contributed by atoms with Gasteiger partial charge in [-0.15, -0.1) is 0 Å². The number of rotatable bonds is 6. The molecule has 0 spiro atoms. The normalized spacial score (nSPS) is 15.2. The SMILES string of the molecule is CCOC(=O)C1=C(C)N=c2sc(=Cc3cc(OC)c(OC(C)=O)cc3Br)c(=O)n2C1c1ccc(Cl)cc1. The number of nitrogens with zero attached hydrogens (tertiary/aromatic N) is 2. The molecule has 2 aromatic carbocycles. The Hall–Kier alpha value is -3.21. The molecule has 11 heteroatoms. The van der Waals surface area contributed by atoms with E-state index in [1.165, 1.54) is 29.9 Å². The molecule has 0 N–H and O–H groups in total. The fourth-order valence-corrected chi connectivity index (χ4v) is 5.55. The standard InChI is InChI=1S/C26H22BrClN2O6S/c1-5-35-25(33)22-13(2)29-26-30(23(22)15-6-8-17(28)9-7-15)24(32)21(37-26)11-16-10-19(34-4)20(12-18(16)27)36-14(3)31/h6-12,23H,5H2,1-4H3. The minimum absolute atomic E-state index is 0.187. The zero-order valence-electron chi connectivity index (χ0n) is 20.3. The maximum atomic E-state index is 13.7. The number of ether oxygens (including phenoxy) is 3. The third kappa shape index (κ3) is 5.41. The number of carbonyl (C=O) groups is 2. The first kappa shape index (κ1) is 26.8. The molecule has 1 unspecified atom stereocenters. The van der Waals surface area contributed by atoms with Gasteiger partial charge in [0.05, 0.1) is 35.6 Å². The fourth-order valence-electron chi connectivity index (χ4n) is 3.95. The summed E-state index contributed by atoms with van der Waals surface area (Å²) in [6.45, 7) is 4.93. The van der Waals surface area contributed by atoms with Crippen molar-refractivity contribution in [3.63, 3.8) is 0 Å². The van der Waals surface area contributed by atoms with E-state index >= 15 is 0 Å². The lowest BCUT2D eigenvalue weighted by Gasteiger charge is -2.24. The molecule has 1 atom stereocenters. The molecule has 1 aliphatic heterocycles. The quantitative estimate of drug-likeness (QED) is 0.310. The summed E-state index contributed by atoms with van der Waals surface area (Å²) in [5, 5.41) is 0.533. The number of hydrogen-bond donors (Lipinski definition) is 0. The Labute approximate surface area is 229 Å². The van der Waals surface area contributed by atoms with Gasteiger partial charge in [-0.2, -0.15) is 0 Å². The lowest BCUT2D eigenvalue weighted by molar-refractivity contribution is -0.139. The van der Waals surface area contributed by atoms with E-state index < -0.39 is 18.0 Å². The van der Waals surface area contributed by atoms with E-state index in [2.05, 4.69) is 20.9 Å². The van der Waals surface area contributed by atoms with Gasteiger partial charge in [-0.3, -0.25) is 14.2 Å². The van der Waals surface area contributed by atoms with Crippen LogP contribution in [0.1, 0.15) is 37.9 Å². The minimum atomic E-state index is -0.737. The molecular weight excluding hydrogens is 584 g/mol. The van der Waals surface area contributed by atoms with Crippen LogP contribution in [0.25, 0.3) is 6.08 Å². The van der Waals surface area contributed by atoms with E-state index in [-0.39, 0.29) is 23.5 Å². The van der Waals surface area contributed by atoms with Crippen LogP contribution in [-0.4, -0.2) is 30.2 Å². The van der Waals surface area contributed by atoms with E-state index in [1.54, 1.807) is 56.3 Å². The van der Waals surface area contributed by atoms with Crippen molar-refractivity contribution in [3.8, 4) is 11.5 Å². The van der Waals surface area contributed by atoms with Crippen molar-refractivity contribution in [1.82, 2.24) is 4.57 Å². The number of fused-ring (bicyclic) bond motifs is 1. The number of benzene rings is 2. The zero-order valence-corrected chi connectivity index (χ0v) is 23.5. The number of methoxy groups -OCH3 is 1. The zero-order chi connectivity index (χ0) is 26.9. The minimum Gasteiger partial charge on any atom is -0.493 e. The van der Waals surface area contributed by atoms with Crippen molar-refractivity contribution in [2.75, 3.05) is 13.7 Å². The molecule has 0 radical (unpaired) electrons. The van der Waals surface area contributed by atoms with Gasteiger partial charge in [0.2, 0.25) is 0 Å². The molecule has 0 aliphatic carbocycles. The molecule has 4 rings (SSSR count). The van der Waals surface area contributed by atoms with Crippen LogP contribution in [0.15, 0.2) is 61.9 Å². The molecule has 2 heterocycles. The number of halogens is 2. The molecule has 1 aliphatic rings. The van der Waals surface area contributed by atoms with Crippen LogP contribution in [0, 0.1) is 0 Å². The second kappa shape index (κ2) is 11.0. The molecule has 0 saturated carbocycles. The third-order valence-corrected chi connectivity index (χ3v) is 7.45. The van der Waals surface area contributed by atoms with Crippen molar-refractivity contribution >= 4 is 56.9 Å². The molecule has 8 nitrogen and oxygen atoms in total. The van der Waals surface area contributed by atoms with E-state index in [1.807, 2.05) is 0 Å². The lowest BCUT2D eigenvalue weighted by atomic mass is 9.96. The maximum absolute atomic E-state index is 13.7. The molecule has 3 aromatic rings. The molecule has 37 heavy (non-hydrogen) atoms. The number of esters is 2. The van der Waals surface area contributed by atoms with Crippen molar-refractivity contribution in [2.45, 2.75) is 26.8 Å². The highest BCUT2D eigenvalue weighted by atomic mass is 79.9. The van der Waals surface area contributed by atoms with Gasteiger partial charge in [0.1, 0.15) is 0 Å². The van der Waals surface area contributed by atoms with Crippen molar-refractivity contribution in [2.24, 2.45) is 4.99 Å². The summed E-state index contributed by atoms with van der Waals surface area (Å²) in [7, 11) is 1.46. The van der Waals surface area contributed by atoms with Crippen LogP contribution in [0.2, 0.25) is 5.02 Å². The van der Waals surface area contributed by atoms with Crippen molar-refractivity contribution in [3.05, 3.63) is 88.0 Å². The summed E-state index contributed by atoms with van der Waals surface area (Å²) in [6.07, 6.45) is 1.69. The third-order valence-electron chi connectivity index (χ3n) is 5.53. The number of thiazole rings is 1. The first-order valence-electron chi connectivity index (χ1n) is 11.2. The van der Waals surface area contributed by atoms with Crippen molar-refractivity contribution < 1.29 is 23.8 Å². The summed E-state index contributed by atoms with van der Waals surface area (Å²) in [6, 6.07) is 9.49. The molecule has 0 saturated heterocycles. The highest BCUT2D eigenvalue weighted by Crippen LogP contribution is 2.34. The Morgan fingerprint density at radius 2 is 1.92 bits per heavy atom. The van der Waals surface area contributed by atoms with Gasteiger partial charge in [-0.1, -0.05) is 51.0 Å². The predicted octanol–water partition coefficient (Wildman–Crippen LogP) is 4.15. The Morgan fingerprint density at radius 1 is 1.22 bits per heavy atom. The molecule has 192 valence electrons. The van der Waals surface area contributed by atoms with Crippen LogP contribution in [0.5, 0.6) is 11.5 Å². The van der Waals surface area contributed by atoms with Gasteiger partial charge in [0.25, 0.3) is 5.56 Å². The van der Waals surface area contributed by atoms with Crippen LogP contribution < -0.4 is 24.4 Å². The summed E-state index contributed by atoms with van der Waals surface area (Å²) < 4.78 is 18.4. The van der Waals surface area contributed by atoms with Gasteiger partial charge >= 0.3 is 11.9 Å². The van der Waals surface area contributed by atoms with Gasteiger partial charge in [-0.25, -0.2) is 9.79 Å². The van der Waals surface area contributed by atoms with Gasteiger partial charge in [0, 0.05) is 16.4 Å². The molecular formula is C26H22BrClN2O6S. The highest BCUT2D eigenvalue weighted by Gasteiger charge is 2.33. The van der Waals surface area contributed by atoms with E-state index in [4.69, 9.17) is 25.8 Å². The summed E-state index contributed by atoms with van der Waals surface area (Å²) in [5.41, 5.74) is 1.76. The lowest BCUT2D eigenvalue weighted by Crippen LogP contribution is -2.39. The second-order valence-electron chi connectivity index (χ2n) is 7.97. The average Bonchev–Trinajstić information content (AvgIpc) is 3.14. The van der Waals surface area contributed by atoms with E-state index in [0.717, 1.165) is 0 Å². The van der Waals surface area contributed by atoms with Gasteiger partial charge < -0.3 is 14.2 Å². The van der Waals surface area contributed by atoms with E-state index in [0.29, 0.717) is 41.4 Å². The number of aromatic nitrogens is 1. The van der Waals surface area contributed by atoms with Gasteiger partial charge in [-0.05, 0) is 55.3 Å². The fraction of sp³-hybridized carbons (Fsp3) is 0.231. The molecule has 0 amide bonds. The number of allylic oxidation sites excluding steroid dienone is 1. The Balaban J connectivity index is 1.92. The van der Waals surface area contributed by atoms with Crippen LogP contribution in [0.3, 0.4) is 0 Å². The summed E-state index contributed by atoms with van der Waals surface area (Å²) in [4.78, 5) is 43.2. The Bertz CT molecular complexity index is 1610. The van der Waals surface area contributed by atoms with Crippen LogP contribution >= 0.6 is 38.9 Å². The molecule has 1 aromatic heterocycles. The number of hydrogen-bond acceptors (Lipinski definition) is 8. The monoisotopic (exact) mass is 604 g/mol. The number of carbonyl (C=O) groups excluding carboxylic acids is 2. The summed E-state index contributed by atoms with van der Waals surface area (Å²) in [5.74, 6) is -0.442. The van der Waals surface area contributed by atoms with E-state index in [9.17, 15) is 14.4 Å². The Morgan fingerprint density at radius 3 is 2.54 bits per heavy atom. The van der Waals surface area contributed by atoms with Crippen molar-refractivity contribution in [1.29, 1.82) is 0 Å². The first-order chi connectivity index (χ1) is 17.6. The van der Waals surface area contributed by atoms with Crippen LogP contribution in [-0.2, 0) is 14.3 Å². The first-order valence-corrected chi connectivity index (χ1v) is 13.1. The topological polar surface area (TPSA) is 96.2 Å². The largest absolute Gasteiger partial charge is 0.493 e. The second-order valence-corrected chi connectivity index (χ2v) is 10.3. The van der Waals surface area contributed by atoms with Gasteiger partial charge in [0.15, 0.2) is 16.3 Å².